The lowest BCUT2D eigenvalue weighted by Gasteiger charge is -2.32. The average Bonchev–Trinajstić information content (AvgIpc) is 2.59. The first-order chi connectivity index (χ1) is 7.21. The summed E-state index contributed by atoms with van der Waals surface area (Å²) in [4.78, 5) is 0. The summed E-state index contributed by atoms with van der Waals surface area (Å²) in [6.07, 6.45) is 5.60. The summed E-state index contributed by atoms with van der Waals surface area (Å²) in [6.45, 7) is 7.21. The molecule has 3 unspecified atom stereocenters. The molecular weight excluding hydrogens is 190 g/mol. The number of rotatable bonds is 3. The van der Waals surface area contributed by atoms with Gasteiger partial charge in [-0.3, -0.25) is 0 Å². The van der Waals surface area contributed by atoms with Crippen LogP contribution in [0.15, 0.2) is 0 Å². The molecule has 0 aromatic heterocycles. The van der Waals surface area contributed by atoms with E-state index < -0.39 is 0 Å². The molecule has 2 aliphatic heterocycles. The second-order valence-corrected chi connectivity index (χ2v) is 5.05. The third-order valence-electron chi connectivity index (χ3n) is 3.89. The summed E-state index contributed by atoms with van der Waals surface area (Å²) in [5.41, 5.74) is 0.154. The van der Waals surface area contributed by atoms with E-state index in [1.807, 2.05) is 0 Å². The molecular formula is C12H23NO2. The van der Waals surface area contributed by atoms with Crippen molar-refractivity contribution in [3.05, 3.63) is 0 Å². The molecule has 0 bridgehead atoms. The van der Waals surface area contributed by atoms with Gasteiger partial charge >= 0.3 is 0 Å². The lowest BCUT2D eigenvalue weighted by atomic mass is 9.94. The molecule has 0 amide bonds. The van der Waals surface area contributed by atoms with Crippen molar-refractivity contribution in [1.29, 1.82) is 0 Å². The summed E-state index contributed by atoms with van der Waals surface area (Å²) >= 11 is 0. The Morgan fingerprint density at radius 2 is 2.13 bits per heavy atom. The van der Waals surface area contributed by atoms with Gasteiger partial charge in [0.25, 0.3) is 0 Å². The molecule has 0 aliphatic carbocycles. The molecule has 2 fully saturated rings. The Hall–Kier alpha value is -0.120. The molecule has 2 heterocycles. The number of nitrogens with one attached hydrogen (secondary N) is 1. The van der Waals surface area contributed by atoms with Gasteiger partial charge in [0.05, 0.1) is 12.2 Å². The lowest BCUT2D eigenvalue weighted by Crippen LogP contribution is -2.51. The van der Waals surface area contributed by atoms with E-state index in [0.717, 1.165) is 26.2 Å². The summed E-state index contributed by atoms with van der Waals surface area (Å²) in [5, 5.41) is 3.63. The molecule has 3 heteroatoms. The fourth-order valence-corrected chi connectivity index (χ4v) is 2.38. The zero-order valence-electron chi connectivity index (χ0n) is 9.92. The zero-order chi connectivity index (χ0) is 10.7. The van der Waals surface area contributed by atoms with Crippen molar-refractivity contribution in [1.82, 2.24) is 5.32 Å². The first kappa shape index (κ1) is 11.4. The Bertz CT molecular complexity index is 204. The van der Waals surface area contributed by atoms with Crippen molar-refractivity contribution >= 4 is 0 Å². The van der Waals surface area contributed by atoms with Crippen molar-refractivity contribution in [3.8, 4) is 0 Å². The second-order valence-electron chi connectivity index (χ2n) is 5.05. The van der Waals surface area contributed by atoms with Crippen LogP contribution in [-0.4, -0.2) is 37.5 Å². The molecule has 88 valence electrons. The van der Waals surface area contributed by atoms with Crippen LogP contribution in [0.3, 0.4) is 0 Å². The van der Waals surface area contributed by atoms with Crippen LogP contribution >= 0.6 is 0 Å². The molecule has 2 aliphatic rings. The molecule has 2 rings (SSSR count). The molecule has 1 N–H and O–H groups in total. The quantitative estimate of drug-likeness (QED) is 0.774. The molecule has 15 heavy (non-hydrogen) atoms. The van der Waals surface area contributed by atoms with Crippen molar-refractivity contribution in [3.63, 3.8) is 0 Å². The highest BCUT2D eigenvalue weighted by Gasteiger charge is 2.36. The first-order valence-corrected chi connectivity index (χ1v) is 6.19. The van der Waals surface area contributed by atoms with E-state index in [1.165, 1.54) is 19.3 Å². The van der Waals surface area contributed by atoms with Gasteiger partial charge in [0, 0.05) is 25.3 Å². The highest BCUT2D eigenvalue weighted by Crippen LogP contribution is 2.25. The summed E-state index contributed by atoms with van der Waals surface area (Å²) < 4.78 is 11.3. The van der Waals surface area contributed by atoms with Gasteiger partial charge in [0.2, 0.25) is 0 Å². The Morgan fingerprint density at radius 1 is 1.27 bits per heavy atom. The van der Waals surface area contributed by atoms with Gasteiger partial charge in [-0.1, -0.05) is 0 Å². The van der Waals surface area contributed by atoms with E-state index >= 15 is 0 Å². The lowest BCUT2D eigenvalue weighted by molar-refractivity contribution is 0.00813. The van der Waals surface area contributed by atoms with Gasteiger partial charge in [-0.2, -0.15) is 0 Å². The largest absolute Gasteiger partial charge is 0.377 e. The minimum absolute atomic E-state index is 0.154. The van der Waals surface area contributed by atoms with Crippen LogP contribution in [0.2, 0.25) is 0 Å². The van der Waals surface area contributed by atoms with Crippen LogP contribution < -0.4 is 5.32 Å². The summed E-state index contributed by atoms with van der Waals surface area (Å²) in [5.74, 6) is 0. The Kier molecular flexibility index (Phi) is 3.65. The highest BCUT2D eigenvalue weighted by atomic mass is 16.5. The maximum Gasteiger partial charge on any atom is 0.0726 e. The maximum atomic E-state index is 5.71. The number of ether oxygens (including phenoxy) is 2. The van der Waals surface area contributed by atoms with Crippen LogP contribution in [-0.2, 0) is 9.47 Å². The van der Waals surface area contributed by atoms with Gasteiger partial charge in [0.1, 0.15) is 0 Å². The average molecular weight is 213 g/mol. The van der Waals surface area contributed by atoms with Gasteiger partial charge < -0.3 is 14.8 Å². The fraction of sp³-hybridized carbons (Fsp3) is 1.00. The van der Waals surface area contributed by atoms with E-state index in [-0.39, 0.29) is 5.54 Å². The maximum absolute atomic E-state index is 5.71. The van der Waals surface area contributed by atoms with Crippen LogP contribution in [0.4, 0.5) is 0 Å². The predicted octanol–water partition coefficient (Wildman–Crippen LogP) is 1.71. The SMILES string of the molecule is CC1OCCC1(C)NCC1CCCCO1. The topological polar surface area (TPSA) is 30.5 Å². The molecule has 0 spiro atoms. The van der Waals surface area contributed by atoms with E-state index in [9.17, 15) is 0 Å². The van der Waals surface area contributed by atoms with E-state index in [0.29, 0.717) is 12.2 Å². The normalized spacial score (nSPS) is 42.0. The minimum atomic E-state index is 0.154. The Morgan fingerprint density at radius 3 is 2.73 bits per heavy atom. The van der Waals surface area contributed by atoms with Crippen molar-refractivity contribution in [2.24, 2.45) is 0 Å². The second kappa shape index (κ2) is 4.81. The fourth-order valence-electron chi connectivity index (χ4n) is 2.38. The van der Waals surface area contributed by atoms with Crippen molar-refractivity contribution in [2.75, 3.05) is 19.8 Å². The van der Waals surface area contributed by atoms with Gasteiger partial charge in [0.15, 0.2) is 0 Å². The van der Waals surface area contributed by atoms with Crippen LogP contribution in [0.25, 0.3) is 0 Å². The monoisotopic (exact) mass is 213 g/mol. The van der Waals surface area contributed by atoms with Gasteiger partial charge in [-0.15, -0.1) is 0 Å². The molecule has 3 atom stereocenters. The Balaban J connectivity index is 1.76. The van der Waals surface area contributed by atoms with Gasteiger partial charge in [-0.05, 0) is 39.5 Å². The molecule has 0 aromatic carbocycles. The van der Waals surface area contributed by atoms with Crippen LogP contribution in [0.1, 0.15) is 39.5 Å². The number of hydrogen-bond acceptors (Lipinski definition) is 3. The standard InChI is InChI=1S/C12H23NO2/c1-10-12(2,6-8-14-10)13-9-11-5-3-4-7-15-11/h10-11,13H,3-9H2,1-2H3. The molecule has 0 saturated carbocycles. The van der Waals surface area contributed by atoms with E-state index in [2.05, 4.69) is 19.2 Å². The van der Waals surface area contributed by atoms with E-state index in [1.54, 1.807) is 0 Å². The molecule has 0 radical (unpaired) electrons. The number of hydrogen-bond donors (Lipinski definition) is 1. The van der Waals surface area contributed by atoms with Crippen molar-refractivity contribution in [2.45, 2.75) is 57.3 Å². The molecule has 2 saturated heterocycles. The zero-order valence-corrected chi connectivity index (χ0v) is 9.92. The van der Waals surface area contributed by atoms with E-state index in [4.69, 9.17) is 9.47 Å². The first-order valence-electron chi connectivity index (χ1n) is 6.19. The molecule has 0 aromatic rings. The summed E-state index contributed by atoms with van der Waals surface area (Å²) in [6, 6.07) is 0. The smallest absolute Gasteiger partial charge is 0.0726 e. The van der Waals surface area contributed by atoms with Gasteiger partial charge in [-0.25, -0.2) is 0 Å². The van der Waals surface area contributed by atoms with Crippen molar-refractivity contribution < 1.29 is 9.47 Å². The third-order valence-corrected chi connectivity index (χ3v) is 3.89. The highest BCUT2D eigenvalue weighted by molar-refractivity contribution is 4.94. The molecule has 3 nitrogen and oxygen atoms in total. The van der Waals surface area contributed by atoms with Crippen LogP contribution in [0, 0.1) is 0 Å². The van der Waals surface area contributed by atoms with Crippen LogP contribution in [0.5, 0.6) is 0 Å². The predicted molar refractivity (Wildman–Crippen MR) is 60.0 cm³/mol. The minimum Gasteiger partial charge on any atom is -0.377 e. The Labute approximate surface area is 92.5 Å². The summed E-state index contributed by atoms with van der Waals surface area (Å²) in [7, 11) is 0. The third kappa shape index (κ3) is 2.71.